The first kappa shape index (κ1) is 15.5. The minimum Gasteiger partial charge on any atom is -0.397 e. The van der Waals surface area contributed by atoms with Crippen molar-refractivity contribution in [3.05, 3.63) is 41.0 Å². The minimum atomic E-state index is 0.561. The predicted molar refractivity (Wildman–Crippen MR) is 96.0 cm³/mol. The second kappa shape index (κ2) is 6.49. The van der Waals surface area contributed by atoms with Crippen LogP contribution in [-0.2, 0) is 11.2 Å². The molecule has 0 amide bonds. The fourth-order valence-corrected chi connectivity index (χ4v) is 3.48. The highest BCUT2D eigenvalue weighted by atomic mass is 79.9. The number of hydrogen-bond acceptors (Lipinski definition) is 5. The maximum atomic E-state index is 6.32. The number of nitrogens with zero attached hydrogens (tertiary/aromatic N) is 4. The summed E-state index contributed by atoms with van der Waals surface area (Å²) in [6.45, 7) is 1.64. The Balaban J connectivity index is 1.85. The maximum absolute atomic E-state index is 6.32. The number of rotatable bonds is 3. The highest BCUT2D eigenvalue weighted by Gasteiger charge is 2.19. The van der Waals surface area contributed by atoms with Crippen molar-refractivity contribution < 1.29 is 4.74 Å². The summed E-state index contributed by atoms with van der Waals surface area (Å²) in [5, 5.41) is 0.944. The largest absolute Gasteiger partial charge is 0.397 e. The van der Waals surface area contributed by atoms with E-state index in [9.17, 15) is 0 Å². The van der Waals surface area contributed by atoms with E-state index in [-0.39, 0.29) is 0 Å². The van der Waals surface area contributed by atoms with Crippen LogP contribution in [-0.4, -0.2) is 32.7 Å². The normalized spacial score (nSPS) is 15.9. The van der Waals surface area contributed by atoms with Crippen LogP contribution in [0.5, 0.6) is 0 Å². The first-order valence-electron chi connectivity index (χ1n) is 8.03. The van der Waals surface area contributed by atoms with Crippen LogP contribution in [0.4, 0.5) is 5.69 Å². The van der Waals surface area contributed by atoms with Crippen molar-refractivity contribution in [3.8, 4) is 5.95 Å². The fraction of sp³-hybridized carbons (Fsp3) is 0.353. The van der Waals surface area contributed by atoms with E-state index >= 15 is 0 Å². The van der Waals surface area contributed by atoms with Crippen LogP contribution in [0.25, 0.3) is 16.9 Å². The molecule has 4 rings (SSSR count). The predicted octanol–water partition coefficient (Wildman–Crippen LogP) is 3.13. The lowest BCUT2D eigenvalue weighted by molar-refractivity contribution is 0.0663. The van der Waals surface area contributed by atoms with E-state index < -0.39 is 0 Å². The average molecular weight is 388 g/mol. The molecule has 1 aliphatic rings. The molecule has 0 unspecified atom stereocenters. The third kappa shape index (κ3) is 2.89. The van der Waals surface area contributed by atoms with Crippen LogP contribution in [0.1, 0.15) is 18.5 Å². The molecule has 2 N–H and O–H groups in total. The van der Waals surface area contributed by atoms with Crippen molar-refractivity contribution in [2.75, 3.05) is 18.9 Å². The molecule has 1 fully saturated rings. The molecule has 1 saturated heterocycles. The van der Waals surface area contributed by atoms with Gasteiger partial charge in [0, 0.05) is 35.5 Å². The molecule has 1 aliphatic heterocycles. The van der Waals surface area contributed by atoms with Gasteiger partial charge in [0.05, 0.1) is 16.9 Å². The van der Waals surface area contributed by atoms with Gasteiger partial charge in [-0.25, -0.2) is 15.0 Å². The molecule has 1 aromatic carbocycles. The third-order valence-corrected chi connectivity index (χ3v) is 5.16. The first-order valence-corrected chi connectivity index (χ1v) is 8.82. The van der Waals surface area contributed by atoms with E-state index in [0.717, 1.165) is 53.5 Å². The lowest BCUT2D eigenvalue weighted by Gasteiger charge is -2.22. The Bertz CT molecular complexity index is 859. The van der Waals surface area contributed by atoms with Crippen molar-refractivity contribution in [3.63, 3.8) is 0 Å². The van der Waals surface area contributed by atoms with Crippen molar-refractivity contribution in [2.24, 2.45) is 5.92 Å². The summed E-state index contributed by atoms with van der Waals surface area (Å²) in [6, 6.07) is 3.91. The van der Waals surface area contributed by atoms with Gasteiger partial charge in [-0.2, -0.15) is 0 Å². The van der Waals surface area contributed by atoms with Gasteiger partial charge >= 0.3 is 0 Å². The van der Waals surface area contributed by atoms with E-state index in [1.807, 2.05) is 22.9 Å². The second-order valence-corrected chi connectivity index (χ2v) is 6.91. The number of nitrogen functional groups attached to an aromatic ring is 1. The van der Waals surface area contributed by atoms with Crippen LogP contribution >= 0.6 is 15.9 Å². The van der Waals surface area contributed by atoms with Gasteiger partial charge in [0.1, 0.15) is 6.33 Å². The summed E-state index contributed by atoms with van der Waals surface area (Å²) in [4.78, 5) is 13.6. The molecule has 0 radical (unpaired) electrons. The molecule has 0 aliphatic carbocycles. The number of hydrogen-bond donors (Lipinski definition) is 1. The summed E-state index contributed by atoms with van der Waals surface area (Å²) in [5.41, 5.74) is 8.88. The van der Waals surface area contributed by atoms with Crippen molar-refractivity contribution in [2.45, 2.75) is 19.3 Å². The molecule has 2 aromatic heterocycles. The summed E-state index contributed by atoms with van der Waals surface area (Å²) in [5.74, 6) is 1.19. The smallest absolute Gasteiger partial charge is 0.235 e. The summed E-state index contributed by atoms with van der Waals surface area (Å²) >= 11 is 3.52. The van der Waals surface area contributed by atoms with Crippen molar-refractivity contribution in [1.29, 1.82) is 0 Å². The molecule has 24 heavy (non-hydrogen) atoms. The molecule has 0 atom stereocenters. The molecule has 3 aromatic rings. The van der Waals surface area contributed by atoms with Crippen molar-refractivity contribution >= 4 is 32.5 Å². The number of ether oxygens (including phenoxy) is 1. The highest BCUT2D eigenvalue weighted by molar-refractivity contribution is 9.10. The molecule has 6 nitrogen and oxygen atoms in total. The van der Waals surface area contributed by atoms with E-state index in [1.54, 1.807) is 12.5 Å². The standard InChI is InChI=1S/C17H18BrN5O/c18-12-1-2-13-15(16(12)19)14(9-11-3-7-24-8-4-11)22-17(21-13)23-6-5-20-10-23/h1-2,5-6,10-11H,3-4,7-9,19H2. The van der Waals surface area contributed by atoms with E-state index in [4.69, 9.17) is 15.5 Å². The Hall–Kier alpha value is -1.99. The minimum absolute atomic E-state index is 0.561. The number of anilines is 1. The lowest BCUT2D eigenvalue weighted by Crippen LogP contribution is -2.19. The van der Waals surface area contributed by atoms with Crippen LogP contribution < -0.4 is 5.73 Å². The second-order valence-electron chi connectivity index (χ2n) is 6.06. The Morgan fingerprint density at radius 3 is 2.83 bits per heavy atom. The third-order valence-electron chi connectivity index (χ3n) is 4.47. The molecular weight excluding hydrogens is 370 g/mol. The molecule has 124 valence electrons. The van der Waals surface area contributed by atoms with Gasteiger partial charge in [0.15, 0.2) is 0 Å². The monoisotopic (exact) mass is 387 g/mol. The molecular formula is C17H18BrN5O. The van der Waals surface area contributed by atoms with E-state index in [2.05, 4.69) is 25.9 Å². The molecule has 7 heteroatoms. The van der Waals surface area contributed by atoms with Gasteiger partial charge in [-0.15, -0.1) is 0 Å². The number of halogens is 1. The Kier molecular flexibility index (Phi) is 4.20. The van der Waals surface area contributed by atoms with Crippen LogP contribution in [0.3, 0.4) is 0 Å². The summed E-state index contributed by atoms with van der Waals surface area (Å²) < 4.78 is 8.17. The van der Waals surface area contributed by atoms with Gasteiger partial charge in [-0.3, -0.25) is 4.57 Å². The highest BCUT2D eigenvalue weighted by Crippen LogP contribution is 2.32. The lowest BCUT2D eigenvalue weighted by atomic mass is 9.93. The Labute approximate surface area is 148 Å². The van der Waals surface area contributed by atoms with E-state index in [0.29, 0.717) is 17.6 Å². The SMILES string of the molecule is Nc1c(Br)ccc2nc(-n3ccnc3)nc(CC3CCOCC3)c12. The number of aromatic nitrogens is 4. The van der Waals surface area contributed by atoms with Crippen molar-refractivity contribution in [1.82, 2.24) is 19.5 Å². The summed E-state index contributed by atoms with van der Waals surface area (Å²) in [6.07, 6.45) is 8.27. The molecule has 0 saturated carbocycles. The maximum Gasteiger partial charge on any atom is 0.235 e. The van der Waals surface area contributed by atoms with Gasteiger partial charge in [-0.1, -0.05) is 0 Å². The van der Waals surface area contributed by atoms with Crippen LogP contribution in [0, 0.1) is 5.92 Å². The number of benzene rings is 1. The molecule has 3 heterocycles. The Morgan fingerprint density at radius 2 is 2.08 bits per heavy atom. The molecule has 0 bridgehead atoms. The zero-order valence-electron chi connectivity index (χ0n) is 13.2. The fourth-order valence-electron chi connectivity index (χ4n) is 3.15. The summed E-state index contributed by atoms with van der Waals surface area (Å²) in [7, 11) is 0. The zero-order valence-corrected chi connectivity index (χ0v) is 14.7. The molecule has 0 spiro atoms. The van der Waals surface area contributed by atoms with E-state index in [1.165, 1.54) is 0 Å². The van der Waals surface area contributed by atoms with Gasteiger partial charge in [0.2, 0.25) is 5.95 Å². The first-order chi connectivity index (χ1) is 11.7. The number of nitrogens with two attached hydrogens (primary N) is 1. The van der Waals surface area contributed by atoms with Gasteiger partial charge < -0.3 is 10.5 Å². The van der Waals surface area contributed by atoms with Crippen LogP contribution in [0.15, 0.2) is 35.3 Å². The topological polar surface area (TPSA) is 78.9 Å². The number of imidazole rings is 1. The zero-order chi connectivity index (χ0) is 16.5. The Morgan fingerprint density at radius 1 is 1.25 bits per heavy atom. The van der Waals surface area contributed by atoms with Crippen LogP contribution in [0.2, 0.25) is 0 Å². The number of fused-ring (bicyclic) bond motifs is 1. The average Bonchev–Trinajstić information content (AvgIpc) is 3.13. The van der Waals surface area contributed by atoms with Gasteiger partial charge in [-0.05, 0) is 53.2 Å². The quantitative estimate of drug-likeness (QED) is 0.698. The van der Waals surface area contributed by atoms with Gasteiger partial charge in [0.25, 0.3) is 0 Å².